The van der Waals surface area contributed by atoms with Gasteiger partial charge in [0.05, 0.1) is 19.1 Å². The summed E-state index contributed by atoms with van der Waals surface area (Å²) in [4.78, 5) is 24.9. The molecule has 1 atom stereocenters. The molecule has 0 aromatic carbocycles. The molecule has 2 heterocycles. The molecular weight excluding hydrogens is 222 g/mol. The molecule has 7 nitrogen and oxygen atoms in total. The van der Waals surface area contributed by atoms with E-state index in [1.54, 1.807) is 17.9 Å². The standard InChI is InChI=1S/C10H15N5O2/c1-3-8-10(17)15(9(16)4-11-8)6-7-5-14(2)13-12-7/h5,8,11H,3-4,6H2,1-2H3. The summed E-state index contributed by atoms with van der Waals surface area (Å²) < 4.78 is 1.55. The van der Waals surface area contributed by atoms with Crippen LogP contribution in [0, 0.1) is 0 Å². The van der Waals surface area contributed by atoms with E-state index in [0.29, 0.717) is 12.1 Å². The number of nitrogens with one attached hydrogen (secondary N) is 1. The number of amides is 2. The zero-order chi connectivity index (χ0) is 12.4. The third-order valence-electron chi connectivity index (χ3n) is 2.74. The fraction of sp³-hybridized carbons (Fsp3) is 0.600. The van der Waals surface area contributed by atoms with Gasteiger partial charge in [0, 0.05) is 13.2 Å². The number of hydrogen-bond acceptors (Lipinski definition) is 5. The maximum Gasteiger partial charge on any atom is 0.246 e. The van der Waals surface area contributed by atoms with Crippen LogP contribution in [0.1, 0.15) is 19.0 Å². The van der Waals surface area contributed by atoms with Crippen molar-refractivity contribution in [3.8, 4) is 0 Å². The van der Waals surface area contributed by atoms with Crippen LogP contribution in [0.4, 0.5) is 0 Å². The van der Waals surface area contributed by atoms with Crippen LogP contribution >= 0.6 is 0 Å². The molecule has 2 rings (SSSR count). The highest BCUT2D eigenvalue weighted by atomic mass is 16.2. The summed E-state index contributed by atoms with van der Waals surface area (Å²) in [6.07, 6.45) is 2.37. The Kier molecular flexibility index (Phi) is 3.19. The van der Waals surface area contributed by atoms with Gasteiger partial charge in [-0.25, -0.2) is 0 Å². The van der Waals surface area contributed by atoms with Gasteiger partial charge in [0.15, 0.2) is 0 Å². The van der Waals surface area contributed by atoms with Crippen LogP contribution in [0.25, 0.3) is 0 Å². The lowest BCUT2D eigenvalue weighted by Crippen LogP contribution is -2.57. The highest BCUT2D eigenvalue weighted by Gasteiger charge is 2.33. The number of piperazine rings is 1. The Bertz CT molecular complexity index is 442. The van der Waals surface area contributed by atoms with Crippen molar-refractivity contribution in [1.29, 1.82) is 0 Å². The number of aryl methyl sites for hydroxylation is 1. The Labute approximate surface area is 98.8 Å². The monoisotopic (exact) mass is 237 g/mol. The molecule has 1 aliphatic rings. The first-order valence-corrected chi connectivity index (χ1v) is 5.54. The second kappa shape index (κ2) is 4.62. The number of carbonyl (C=O) groups excluding carboxylic acids is 2. The summed E-state index contributed by atoms with van der Waals surface area (Å²) in [6.45, 7) is 2.31. The summed E-state index contributed by atoms with van der Waals surface area (Å²) in [5, 5.41) is 10.6. The zero-order valence-electron chi connectivity index (χ0n) is 9.88. The largest absolute Gasteiger partial charge is 0.297 e. The van der Waals surface area contributed by atoms with Gasteiger partial charge in [-0.3, -0.25) is 24.5 Å². The number of aromatic nitrogens is 3. The fourth-order valence-corrected chi connectivity index (χ4v) is 1.82. The molecule has 17 heavy (non-hydrogen) atoms. The van der Waals surface area contributed by atoms with Crippen molar-refractivity contribution < 1.29 is 9.59 Å². The van der Waals surface area contributed by atoms with Gasteiger partial charge in [0.25, 0.3) is 0 Å². The Morgan fingerprint density at radius 3 is 2.88 bits per heavy atom. The summed E-state index contributed by atoms with van der Waals surface area (Å²) in [5.41, 5.74) is 0.617. The molecule has 1 fully saturated rings. The molecule has 1 saturated heterocycles. The summed E-state index contributed by atoms with van der Waals surface area (Å²) in [7, 11) is 1.74. The molecular formula is C10H15N5O2. The Morgan fingerprint density at radius 2 is 2.29 bits per heavy atom. The van der Waals surface area contributed by atoms with Gasteiger partial charge in [-0.05, 0) is 6.42 Å². The molecule has 7 heteroatoms. The van der Waals surface area contributed by atoms with Gasteiger partial charge >= 0.3 is 0 Å². The lowest BCUT2D eigenvalue weighted by molar-refractivity contribution is -0.150. The van der Waals surface area contributed by atoms with Gasteiger partial charge in [0.1, 0.15) is 5.69 Å². The van der Waals surface area contributed by atoms with Crippen LogP contribution < -0.4 is 5.32 Å². The van der Waals surface area contributed by atoms with Crippen LogP contribution in [0.5, 0.6) is 0 Å². The minimum Gasteiger partial charge on any atom is -0.297 e. The van der Waals surface area contributed by atoms with Crippen LogP contribution in [0.2, 0.25) is 0 Å². The van der Waals surface area contributed by atoms with Crippen molar-refractivity contribution in [2.75, 3.05) is 6.54 Å². The minimum absolute atomic E-state index is 0.186. The highest BCUT2D eigenvalue weighted by molar-refractivity contribution is 6.01. The van der Waals surface area contributed by atoms with Gasteiger partial charge < -0.3 is 0 Å². The van der Waals surface area contributed by atoms with E-state index >= 15 is 0 Å². The van der Waals surface area contributed by atoms with Crippen molar-refractivity contribution in [1.82, 2.24) is 25.2 Å². The van der Waals surface area contributed by atoms with E-state index in [0.717, 1.165) is 0 Å². The van der Waals surface area contributed by atoms with E-state index in [-0.39, 0.29) is 30.9 Å². The Morgan fingerprint density at radius 1 is 1.53 bits per heavy atom. The van der Waals surface area contributed by atoms with Crippen LogP contribution in [-0.4, -0.2) is 44.3 Å². The van der Waals surface area contributed by atoms with E-state index in [4.69, 9.17) is 0 Å². The van der Waals surface area contributed by atoms with Gasteiger partial charge in [-0.2, -0.15) is 0 Å². The predicted molar refractivity (Wildman–Crippen MR) is 58.6 cm³/mol. The van der Waals surface area contributed by atoms with Crippen LogP contribution in [0.3, 0.4) is 0 Å². The number of nitrogens with zero attached hydrogens (tertiary/aromatic N) is 4. The molecule has 0 saturated carbocycles. The van der Waals surface area contributed by atoms with Gasteiger partial charge in [-0.1, -0.05) is 12.1 Å². The number of hydrogen-bond donors (Lipinski definition) is 1. The van der Waals surface area contributed by atoms with Crippen LogP contribution in [-0.2, 0) is 23.2 Å². The first kappa shape index (κ1) is 11.7. The summed E-state index contributed by atoms with van der Waals surface area (Å²) in [5.74, 6) is -0.403. The quantitative estimate of drug-likeness (QED) is 0.686. The molecule has 2 amide bonds. The second-order valence-electron chi connectivity index (χ2n) is 4.04. The number of imide groups is 1. The predicted octanol–water partition coefficient (Wildman–Crippen LogP) is -0.948. The van der Waals surface area contributed by atoms with E-state index < -0.39 is 0 Å². The number of rotatable bonds is 3. The molecule has 1 N–H and O–H groups in total. The molecule has 1 aromatic rings. The summed E-state index contributed by atoms with van der Waals surface area (Å²) >= 11 is 0. The van der Waals surface area contributed by atoms with E-state index in [1.165, 1.54) is 4.90 Å². The zero-order valence-corrected chi connectivity index (χ0v) is 9.88. The van der Waals surface area contributed by atoms with E-state index in [2.05, 4.69) is 15.6 Å². The van der Waals surface area contributed by atoms with Gasteiger partial charge in [-0.15, -0.1) is 5.10 Å². The van der Waals surface area contributed by atoms with Crippen molar-refractivity contribution in [3.63, 3.8) is 0 Å². The average molecular weight is 237 g/mol. The maximum atomic E-state index is 12.0. The highest BCUT2D eigenvalue weighted by Crippen LogP contribution is 2.09. The molecule has 1 unspecified atom stereocenters. The average Bonchev–Trinajstić information content (AvgIpc) is 2.70. The minimum atomic E-state index is -0.274. The molecule has 0 aliphatic carbocycles. The SMILES string of the molecule is CCC1NCC(=O)N(Cc2cn(C)nn2)C1=O. The van der Waals surface area contributed by atoms with Crippen LogP contribution in [0.15, 0.2) is 6.20 Å². The molecule has 0 bridgehead atoms. The second-order valence-corrected chi connectivity index (χ2v) is 4.04. The Balaban J connectivity index is 2.12. The Hall–Kier alpha value is -1.76. The van der Waals surface area contributed by atoms with Crippen molar-refractivity contribution >= 4 is 11.8 Å². The molecule has 1 aliphatic heterocycles. The van der Waals surface area contributed by atoms with E-state index in [1.807, 2.05) is 6.92 Å². The van der Waals surface area contributed by atoms with Gasteiger partial charge in [0.2, 0.25) is 11.8 Å². The molecule has 0 spiro atoms. The smallest absolute Gasteiger partial charge is 0.246 e. The lowest BCUT2D eigenvalue weighted by Gasteiger charge is -2.30. The fourth-order valence-electron chi connectivity index (χ4n) is 1.82. The molecule has 92 valence electrons. The third-order valence-corrected chi connectivity index (χ3v) is 2.74. The number of carbonyl (C=O) groups is 2. The first-order chi connectivity index (χ1) is 8.11. The third kappa shape index (κ3) is 2.33. The lowest BCUT2D eigenvalue weighted by atomic mass is 10.1. The first-order valence-electron chi connectivity index (χ1n) is 5.54. The normalized spacial score (nSPS) is 21.1. The van der Waals surface area contributed by atoms with Crippen molar-refractivity contribution in [2.45, 2.75) is 25.9 Å². The van der Waals surface area contributed by atoms with Crippen molar-refractivity contribution in [2.24, 2.45) is 7.05 Å². The topological polar surface area (TPSA) is 80.1 Å². The molecule has 1 aromatic heterocycles. The van der Waals surface area contributed by atoms with Crippen molar-refractivity contribution in [3.05, 3.63) is 11.9 Å². The maximum absolute atomic E-state index is 12.0. The van der Waals surface area contributed by atoms with E-state index in [9.17, 15) is 9.59 Å². The molecule has 0 radical (unpaired) electrons. The summed E-state index contributed by atoms with van der Waals surface area (Å²) in [6, 6.07) is -0.274.